The van der Waals surface area contributed by atoms with E-state index in [4.69, 9.17) is 4.74 Å². The highest BCUT2D eigenvalue weighted by atomic mass is 16.5. The molecule has 4 rings (SSSR count). The van der Waals surface area contributed by atoms with E-state index in [1.807, 2.05) is 36.1 Å². The Morgan fingerprint density at radius 2 is 2.00 bits per heavy atom. The van der Waals surface area contributed by atoms with Crippen LogP contribution in [0.5, 0.6) is 11.6 Å². The molecule has 0 spiro atoms. The maximum atomic E-state index is 12.8. The van der Waals surface area contributed by atoms with Gasteiger partial charge in [-0.1, -0.05) is 18.2 Å². The van der Waals surface area contributed by atoms with E-state index in [9.17, 15) is 9.59 Å². The summed E-state index contributed by atoms with van der Waals surface area (Å²) in [6, 6.07) is 7.80. The standard InChI is InChI=1S/C22H26N4O3/c1-16-6-2-3-8-18(16)29-22-21(23-10-11-24-22)17-7-4-12-25(14-17)20(28)15-26-13-5-9-19(26)27/h2-3,6,8,10-11,17H,4-5,7,9,12-15H2,1H3/t17-/m0/s1. The van der Waals surface area contributed by atoms with Crippen molar-refractivity contribution in [3.05, 3.63) is 47.9 Å². The average molecular weight is 394 g/mol. The fraction of sp³-hybridized carbons (Fsp3) is 0.455. The SMILES string of the molecule is Cc1ccccc1Oc1nccnc1[C@H]1CCCN(C(=O)CN2CCCC2=O)C1. The summed E-state index contributed by atoms with van der Waals surface area (Å²) in [4.78, 5) is 37.1. The number of ether oxygens (including phenoxy) is 1. The maximum Gasteiger partial charge on any atom is 0.242 e. The average Bonchev–Trinajstić information content (AvgIpc) is 3.14. The monoisotopic (exact) mass is 394 g/mol. The van der Waals surface area contributed by atoms with Gasteiger partial charge in [0.05, 0.1) is 6.54 Å². The molecular formula is C22H26N4O3. The van der Waals surface area contributed by atoms with Crippen molar-refractivity contribution >= 4 is 11.8 Å². The first-order valence-electron chi connectivity index (χ1n) is 10.2. The number of carbonyl (C=O) groups excluding carboxylic acids is 2. The summed E-state index contributed by atoms with van der Waals surface area (Å²) in [7, 11) is 0. The summed E-state index contributed by atoms with van der Waals surface area (Å²) in [5, 5.41) is 0. The lowest BCUT2D eigenvalue weighted by Gasteiger charge is -2.33. The van der Waals surface area contributed by atoms with Crippen molar-refractivity contribution in [2.24, 2.45) is 0 Å². The first-order valence-corrected chi connectivity index (χ1v) is 10.2. The summed E-state index contributed by atoms with van der Waals surface area (Å²) in [5.41, 5.74) is 1.81. The van der Waals surface area contributed by atoms with Gasteiger partial charge in [0.2, 0.25) is 17.7 Å². The Bertz CT molecular complexity index is 901. The Balaban J connectivity index is 1.48. The Morgan fingerprint density at radius 1 is 1.17 bits per heavy atom. The lowest BCUT2D eigenvalue weighted by molar-refractivity contribution is -0.139. The molecule has 152 valence electrons. The summed E-state index contributed by atoms with van der Waals surface area (Å²) in [5.74, 6) is 1.40. The van der Waals surface area contributed by atoms with Crippen molar-refractivity contribution in [3.8, 4) is 11.6 Å². The summed E-state index contributed by atoms with van der Waals surface area (Å²) in [6.07, 6.45) is 6.51. The minimum atomic E-state index is 0.00946. The van der Waals surface area contributed by atoms with Gasteiger partial charge in [0, 0.05) is 44.4 Å². The van der Waals surface area contributed by atoms with Gasteiger partial charge in [-0.3, -0.25) is 14.6 Å². The summed E-state index contributed by atoms with van der Waals surface area (Å²) in [6.45, 7) is 4.14. The Hall–Kier alpha value is -2.96. The van der Waals surface area contributed by atoms with Crippen LogP contribution in [0.2, 0.25) is 0 Å². The molecule has 0 radical (unpaired) electrons. The van der Waals surface area contributed by atoms with E-state index in [0.29, 0.717) is 31.9 Å². The molecule has 29 heavy (non-hydrogen) atoms. The number of likely N-dealkylation sites (tertiary alicyclic amines) is 2. The first-order chi connectivity index (χ1) is 14.1. The van der Waals surface area contributed by atoms with Crippen LogP contribution in [-0.4, -0.2) is 57.8 Å². The van der Waals surface area contributed by atoms with Gasteiger partial charge >= 0.3 is 0 Å². The topological polar surface area (TPSA) is 75.6 Å². The van der Waals surface area contributed by atoms with Crippen LogP contribution in [0.3, 0.4) is 0 Å². The molecule has 7 heteroatoms. The van der Waals surface area contributed by atoms with E-state index in [-0.39, 0.29) is 24.3 Å². The van der Waals surface area contributed by atoms with Crippen LogP contribution >= 0.6 is 0 Å². The number of benzene rings is 1. The molecule has 0 bridgehead atoms. The summed E-state index contributed by atoms with van der Waals surface area (Å²) >= 11 is 0. The second-order valence-electron chi connectivity index (χ2n) is 7.71. The largest absolute Gasteiger partial charge is 0.437 e. The van der Waals surface area contributed by atoms with Crippen molar-refractivity contribution in [1.29, 1.82) is 0 Å². The second kappa shape index (κ2) is 8.59. The minimum Gasteiger partial charge on any atom is -0.437 e. The number of para-hydroxylation sites is 1. The molecule has 1 aromatic carbocycles. The third-order valence-electron chi connectivity index (χ3n) is 5.65. The molecule has 7 nitrogen and oxygen atoms in total. The fourth-order valence-electron chi connectivity index (χ4n) is 4.03. The zero-order chi connectivity index (χ0) is 20.2. The van der Waals surface area contributed by atoms with Gasteiger partial charge in [-0.05, 0) is 37.8 Å². The number of aryl methyl sites for hydroxylation is 1. The number of nitrogens with zero attached hydrogens (tertiary/aromatic N) is 4. The van der Waals surface area contributed by atoms with Gasteiger partial charge in [0.25, 0.3) is 0 Å². The first kappa shape index (κ1) is 19.4. The van der Waals surface area contributed by atoms with E-state index in [1.165, 1.54) is 0 Å². The van der Waals surface area contributed by atoms with Gasteiger partial charge in [-0.2, -0.15) is 0 Å². The molecular weight excluding hydrogens is 368 g/mol. The van der Waals surface area contributed by atoms with Crippen LogP contribution in [0.1, 0.15) is 42.9 Å². The predicted octanol–water partition coefficient (Wildman–Crippen LogP) is 2.91. The molecule has 3 heterocycles. The molecule has 2 fully saturated rings. The van der Waals surface area contributed by atoms with Crippen molar-refractivity contribution in [2.75, 3.05) is 26.2 Å². The number of hydrogen-bond donors (Lipinski definition) is 0. The van der Waals surface area contributed by atoms with Crippen LogP contribution in [-0.2, 0) is 9.59 Å². The van der Waals surface area contributed by atoms with Gasteiger partial charge in [-0.15, -0.1) is 0 Å². The molecule has 1 atom stereocenters. The summed E-state index contributed by atoms with van der Waals surface area (Å²) < 4.78 is 6.08. The predicted molar refractivity (Wildman–Crippen MR) is 108 cm³/mol. The van der Waals surface area contributed by atoms with Gasteiger partial charge in [0.15, 0.2) is 0 Å². The number of carbonyl (C=O) groups is 2. The zero-order valence-electron chi connectivity index (χ0n) is 16.7. The minimum absolute atomic E-state index is 0.00946. The Morgan fingerprint density at radius 3 is 2.79 bits per heavy atom. The highest BCUT2D eigenvalue weighted by molar-refractivity contribution is 5.86. The van der Waals surface area contributed by atoms with Gasteiger partial charge < -0.3 is 14.5 Å². The molecule has 1 aromatic heterocycles. The van der Waals surface area contributed by atoms with Gasteiger partial charge in [-0.25, -0.2) is 4.98 Å². The number of aromatic nitrogens is 2. The third-order valence-corrected chi connectivity index (χ3v) is 5.65. The number of piperidine rings is 1. The van der Waals surface area contributed by atoms with Crippen LogP contribution in [0.15, 0.2) is 36.7 Å². The molecule has 2 saturated heterocycles. The lowest BCUT2D eigenvalue weighted by atomic mass is 9.94. The highest BCUT2D eigenvalue weighted by Crippen LogP contribution is 2.33. The van der Waals surface area contributed by atoms with Crippen LogP contribution in [0.25, 0.3) is 0 Å². The molecule has 2 aliphatic heterocycles. The maximum absolute atomic E-state index is 12.8. The Labute approximate surface area is 170 Å². The molecule has 2 aromatic rings. The molecule has 0 aliphatic carbocycles. The van der Waals surface area contributed by atoms with E-state index in [0.717, 1.165) is 36.3 Å². The van der Waals surface area contributed by atoms with Crippen LogP contribution < -0.4 is 4.74 Å². The molecule has 0 unspecified atom stereocenters. The Kier molecular flexibility index (Phi) is 5.74. The van der Waals surface area contributed by atoms with Gasteiger partial charge in [0.1, 0.15) is 11.4 Å². The van der Waals surface area contributed by atoms with Crippen LogP contribution in [0.4, 0.5) is 0 Å². The molecule has 0 saturated carbocycles. The van der Waals surface area contributed by atoms with Crippen molar-refractivity contribution in [3.63, 3.8) is 0 Å². The van der Waals surface area contributed by atoms with E-state index < -0.39 is 0 Å². The second-order valence-corrected chi connectivity index (χ2v) is 7.71. The zero-order valence-corrected chi connectivity index (χ0v) is 16.7. The quantitative estimate of drug-likeness (QED) is 0.779. The third kappa shape index (κ3) is 4.39. The van der Waals surface area contributed by atoms with Crippen molar-refractivity contribution < 1.29 is 14.3 Å². The van der Waals surface area contributed by atoms with Crippen LogP contribution in [0, 0.1) is 6.92 Å². The van der Waals surface area contributed by atoms with E-state index >= 15 is 0 Å². The van der Waals surface area contributed by atoms with Crippen molar-refractivity contribution in [1.82, 2.24) is 19.8 Å². The molecule has 0 N–H and O–H groups in total. The lowest BCUT2D eigenvalue weighted by Crippen LogP contribution is -2.45. The fourth-order valence-corrected chi connectivity index (χ4v) is 4.03. The number of amides is 2. The number of rotatable bonds is 5. The highest BCUT2D eigenvalue weighted by Gasteiger charge is 2.30. The normalized spacial score (nSPS) is 19.5. The van der Waals surface area contributed by atoms with Crippen molar-refractivity contribution in [2.45, 2.75) is 38.5 Å². The smallest absolute Gasteiger partial charge is 0.242 e. The van der Waals surface area contributed by atoms with E-state index in [2.05, 4.69) is 9.97 Å². The van der Waals surface area contributed by atoms with E-state index in [1.54, 1.807) is 17.3 Å². The molecule has 2 aliphatic rings. The number of hydrogen-bond acceptors (Lipinski definition) is 5. The molecule has 2 amide bonds.